The van der Waals surface area contributed by atoms with Crippen molar-refractivity contribution in [2.75, 3.05) is 40.3 Å². The molecule has 2 aliphatic rings. The standard InChI is InChI=1S/C23H39N5OS/c1-18-11-14-28(15-12-18)20-8-6-19(7-9-20)26-23(25-17-22(29)27(2)3)24-13-10-21-5-4-16-30-21/h4-5,16,18-20H,6-15,17H2,1-3H3,(H2,24,25,26). The van der Waals surface area contributed by atoms with Gasteiger partial charge in [0.05, 0.1) is 0 Å². The second-order valence-corrected chi connectivity index (χ2v) is 10.1. The molecule has 6 nitrogen and oxygen atoms in total. The molecule has 2 heterocycles. The highest BCUT2D eigenvalue weighted by Gasteiger charge is 2.28. The van der Waals surface area contributed by atoms with Gasteiger partial charge in [-0.25, -0.2) is 4.99 Å². The summed E-state index contributed by atoms with van der Waals surface area (Å²) >= 11 is 1.78. The van der Waals surface area contributed by atoms with E-state index < -0.39 is 0 Å². The highest BCUT2D eigenvalue weighted by molar-refractivity contribution is 7.09. The van der Waals surface area contributed by atoms with Crippen molar-refractivity contribution in [2.24, 2.45) is 10.9 Å². The summed E-state index contributed by atoms with van der Waals surface area (Å²) in [7, 11) is 3.55. The second-order valence-electron chi connectivity index (χ2n) is 9.08. The van der Waals surface area contributed by atoms with Crippen molar-refractivity contribution in [2.45, 2.75) is 64.0 Å². The number of likely N-dealkylation sites (tertiary alicyclic amines) is 1. The Bertz CT molecular complexity index is 659. The van der Waals surface area contributed by atoms with Gasteiger partial charge in [0.25, 0.3) is 0 Å². The van der Waals surface area contributed by atoms with Crippen molar-refractivity contribution < 1.29 is 4.79 Å². The molecule has 1 saturated heterocycles. The Morgan fingerprint density at radius 3 is 2.57 bits per heavy atom. The van der Waals surface area contributed by atoms with E-state index in [4.69, 9.17) is 0 Å². The molecule has 0 unspecified atom stereocenters. The maximum atomic E-state index is 12.0. The van der Waals surface area contributed by atoms with Crippen molar-refractivity contribution in [1.82, 2.24) is 20.4 Å². The fourth-order valence-electron chi connectivity index (χ4n) is 4.37. The third-order valence-electron chi connectivity index (χ3n) is 6.49. The zero-order valence-electron chi connectivity index (χ0n) is 18.9. The van der Waals surface area contributed by atoms with Crippen LogP contribution in [0.1, 0.15) is 50.3 Å². The van der Waals surface area contributed by atoms with Crippen LogP contribution in [-0.2, 0) is 11.2 Å². The lowest BCUT2D eigenvalue weighted by molar-refractivity contribution is -0.127. The number of guanidine groups is 1. The maximum absolute atomic E-state index is 12.0. The van der Waals surface area contributed by atoms with Gasteiger partial charge in [0.15, 0.2) is 5.96 Å². The van der Waals surface area contributed by atoms with Crippen molar-refractivity contribution >= 4 is 23.2 Å². The van der Waals surface area contributed by atoms with Crippen molar-refractivity contribution in [3.63, 3.8) is 0 Å². The van der Waals surface area contributed by atoms with Crippen LogP contribution in [0.15, 0.2) is 22.5 Å². The topological polar surface area (TPSA) is 60.0 Å². The minimum atomic E-state index is 0.0254. The smallest absolute Gasteiger partial charge is 0.243 e. The largest absolute Gasteiger partial charge is 0.356 e. The molecule has 0 atom stereocenters. The number of rotatable bonds is 7. The molecule has 2 fully saturated rings. The molecule has 1 aromatic rings. The van der Waals surface area contributed by atoms with E-state index in [2.05, 4.69) is 45.0 Å². The van der Waals surface area contributed by atoms with E-state index in [-0.39, 0.29) is 12.5 Å². The predicted octanol–water partition coefficient (Wildman–Crippen LogP) is 2.96. The van der Waals surface area contributed by atoms with Crippen molar-refractivity contribution in [3.05, 3.63) is 22.4 Å². The monoisotopic (exact) mass is 433 g/mol. The molecule has 2 N–H and O–H groups in total. The molecule has 0 spiro atoms. The van der Waals surface area contributed by atoms with Gasteiger partial charge in [-0.2, -0.15) is 0 Å². The number of thiophene rings is 1. The van der Waals surface area contributed by atoms with E-state index >= 15 is 0 Å². The lowest BCUT2D eigenvalue weighted by Gasteiger charge is -2.40. The van der Waals surface area contributed by atoms with Gasteiger partial charge in [-0.15, -0.1) is 11.3 Å². The number of carbonyl (C=O) groups excluding carboxylic acids is 1. The van der Waals surface area contributed by atoms with Gasteiger partial charge in [0.2, 0.25) is 5.91 Å². The first kappa shape index (κ1) is 23.1. The number of hydrogen-bond donors (Lipinski definition) is 2. The lowest BCUT2D eigenvalue weighted by atomic mass is 9.88. The molecule has 168 valence electrons. The zero-order valence-corrected chi connectivity index (χ0v) is 19.7. The Kier molecular flexibility index (Phi) is 9.00. The molecule has 1 amide bonds. The van der Waals surface area contributed by atoms with Crippen LogP contribution in [0.25, 0.3) is 0 Å². The van der Waals surface area contributed by atoms with Crippen LogP contribution in [0.5, 0.6) is 0 Å². The normalized spacial score (nSPS) is 23.9. The van der Waals surface area contributed by atoms with Crippen LogP contribution in [-0.4, -0.2) is 74.0 Å². The molecular weight excluding hydrogens is 394 g/mol. The molecule has 0 bridgehead atoms. The third-order valence-corrected chi connectivity index (χ3v) is 7.42. The minimum absolute atomic E-state index is 0.0254. The SMILES string of the molecule is CC1CCN(C2CCC(NC(=NCC(=O)N(C)C)NCCc3cccs3)CC2)CC1. The fraction of sp³-hybridized carbons (Fsp3) is 0.739. The molecule has 1 aliphatic carbocycles. The summed E-state index contributed by atoms with van der Waals surface area (Å²) in [4.78, 5) is 22.3. The van der Waals surface area contributed by atoms with Gasteiger partial charge >= 0.3 is 0 Å². The summed E-state index contributed by atoms with van der Waals surface area (Å²) in [5.41, 5.74) is 0. The Labute approximate surface area is 186 Å². The number of carbonyl (C=O) groups is 1. The van der Waals surface area contributed by atoms with Crippen molar-refractivity contribution in [1.29, 1.82) is 0 Å². The zero-order chi connectivity index (χ0) is 21.3. The van der Waals surface area contributed by atoms with E-state index in [0.717, 1.165) is 30.9 Å². The van der Waals surface area contributed by atoms with Gasteiger partial charge in [-0.05, 0) is 75.4 Å². The number of piperidine rings is 1. The van der Waals surface area contributed by atoms with Gasteiger partial charge in [0, 0.05) is 37.6 Å². The summed E-state index contributed by atoms with van der Waals surface area (Å²) in [6.07, 6.45) is 8.52. The Morgan fingerprint density at radius 2 is 1.93 bits per heavy atom. The Balaban J connectivity index is 1.48. The van der Waals surface area contributed by atoms with E-state index in [0.29, 0.717) is 6.04 Å². The number of nitrogens with zero attached hydrogens (tertiary/aromatic N) is 3. The molecular formula is C23H39N5OS. The van der Waals surface area contributed by atoms with E-state index in [9.17, 15) is 4.79 Å². The lowest BCUT2D eigenvalue weighted by Crippen LogP contribution is -2.49. The first-order valence-electron chi connectivity index (χ1n) is 11.5. The van der Waals surface area contributed by atoms with Gasteiger partial charge in [-0.3, -0.25) is 4.79 Å². The van der Waals surface area contributed by atoms with Gasteiger partial charge in [0.1, 0.15) is 6.54 Å². The van der Waals surface area contributed by atoms with Gasteiger partial charge < -0.3 is 20.4 Å². The first-order chi connectivity index (χ1) is 14.5. The van der Waals surface area contributed by atoms with Gasteiger partial charge in [-0.1, -0.05) is 13.0 Å². The van der Waals surface area contributed by atoms with Crippen LogP contribution >= 0.6 is 11.3 Å². The highest BCUT2D eigenvalue weighted by atomic mass is 32.1. The summed E-state index contributed by atoms with van der Waals surface area (Å²) in [5.74, 6) is 1.69. The molecule has 0 aromatic carbocycles. The third kappa shape index (κ3) is 7.27. The number of amides is 1. The summed E-state index contributed by atoms with van der Waals surface area (Å²) in [5, 5.41) is 9.17. The average Bonchev–Trinajstić information content (AvgIpc) is 3.26. The van der Waals surface area contributed by atoms with Crippen LogP contribution < -0.4 is 10.6 Å². The average molecular weight is 434 g/mol. The molecule has 0 radical (unpaired) electrons. The van der Waals surface area contributed by atoms with Crippen molar-refractivity contribution in [3.8, 4) is 0 Å². The Hall–Kier alpha value is -1.60. The summed E-state index contributed by atoms with van der Waals surface area (Å²) in [6, 6.07) is 5.43. The first-order valence-corrected chi connectivity index (χ1v) is 12.4. The molecule has 1 aromatic heterocycles. The second kappa shape index (κ2) is 11.7. The molecule has 1 saturated carbocycles. The molecule has 3 rings (SSSR count). The van der Waals surface area contributed by atoms with Crippen LogP contribution in [0, 0.1) is 5.92 Å². The molecule has 30 heavy (non-hydrogen) atoms. The molecule has 1 aliphatic heterocycles. The van der Waals surface area contributed by atoms with Crippen LogP contribution in [0.4, 0.5) is 0 Å². The van der Waals surface area contributed by atoms with E-state index in [1.807, 2.05) is 0 Å². The quantitative estimate of drug-likeness (QED) is 0.513. The Morgan fingerprint density at radius 1 is 1.20 bits per heavy atom. The fourth-order valence-corrected chi connectivity index (χ4v) is 5.08. The van der Waals surface area contributed by atoms with Crippen LogP contribution in [0.2, 0.25) is 0 Å². The predicted molar refractivity (Wildman–Crippen MR) is 126 cm³/mol. The van der Waals surface area contributed by atoms with E-state index in [1.165, 1.54) is 56.5 Å². The summed E-state index contributed by atoms with van der Waals surface area (Å²) < 4.78 is 0. The maximum Gasteiger partial charge on any atom is 0.243 e. The number of aliphatic imine (C=N–C) groups is 1. The molecule has 7 heteroatoms. The van der Waals surface area contributed by atoms with E-state index in [1.54, 1.807) is 30.3 Å². The highest BCUT2D eigenvalue weighted by Crippen LogP contribution is 2.27. The minimum Gasteiger partial charge on any atom is -0.356 e. The number of hydrogen-bond acceptors (Lipinski definition) is 4. The van der Waals surface area contributed by atoms with Crippen LogP contribution in [0.3, 0.4) is 0 Å². The number of nitrogens with one attached hydrogen (secondary N) is 2. The summed E-state index contributed by atoms with van der Waals surface area (Å²) in [6.45, 7) is 5.93. The number of likely N-dealkylation sites (N-methyl/N-ethyl adjacent to an activating group) is 1.